The van der Waals surface area contributed by atoms with E-state index in [2.05, 4.69) is 9.80 Å². The van der Waals surface area contributed by atoms with Crippen LogP contribution in [0.1, 0.15) is 44.9 Å². The highest BCUT2D eigenvalue weighted by atomic mass is 16.3. The standard InChI is InChI=1S/C17H31N3O2/c1-18(15-6-2-3-7-15)17(22)20-9-4-5-14(12-20)11-19-10-8-16(21)13-19/h14-16,21H,2-13H2,1H3. The van der Waals surface area contributed by atoms with E-state index in [1.165, 1.54) is 32.1 Å². The van der Waals surface area contributed by atoms with Gasteiger partial charge in [0, 0.05) is 45.8 Å². The second-order valence-corrected chi connectivity index (χ2v) is 7.49. The summed E-state index contributed by atoms with van der Waals surface area (Å²) in [6.45, 7) is 4.66. The first kappa shape index (κ1) is 16.1. The molecule has 3 fully saturated rings. The van der Waals surface area contributed by atoms with Crippen LogP contribution in [0.2, 0.25) is 0 Å². The van der Waals surface area contributed by atoms with Gasteiger partial charge in [0.15, 0.2) is 0 Å². The van der Waals surface area contributed by atoms with Crippen LogP contribution in [-0.4, -0.2) is 77.8 Å². The number of β-amino-alcohol motifs (C(OH)–C–C–N with tert-alkyl or cyclic N) is 1. The predicted molar refractivity (Wildman–Crippen MR) is 86.8 cm³/mol. The van der Waals surface area contributed by atoms with Gasteiger partial charge in [-0.05, 0) is 38.0 Å². The van der Waals surface area contributed by atoms with Crippen LogP contribution < -0.4 is 0 Å². The number of aliphatic hydroxyl groups is 1. The lowest BCUT2D eigenvalue weighted by atomic mass is 9.97. The van der Waals surface area contributed by atoms with Crippen molar-refractivity contribution in [1.29, 1.82) is 0 Å². The quantitative estimate of drug-likeness (QED) is 0.864. The summed E-state index contributed by atoms with van der Waals surface area (Å²) in [7, 11) is 1.98. The Morgan fingerprint density at radius 3 is 2.55 bits per heavy atom. The van der Waals surface area contributed by atoms with E-state index in [0.29, 0.717) is 12.0 Å². The number of carbonyl (C=O) groups excluding carboxylic acids is 1. The number of hydrogen-bond acceptors (Lipinski definition) is 3. The molecule has 5 heteroatoms. The molecule has 0 radical (unpaired) electrons. The third kappa shape index (κ3) is 3.74. The first-order valence-electron chi connectivity index (χ1n) is 9.05. The second kappa shape index (κ2) is 7.18. The Balaban J connectivity index is 1.50. The molecule has 2 saturated heterocycles. The van der Waals surface area contributed by atoms with Crippen molar-refractivity contribution >= 4 is 6.03 Å². The fraction of sp³-hybridized carbons (Fsp3) is 0.941. The summed E-state index contributed by atoms with van der Waals surface area (Å²) < 4.78 is 0. The van der Waals surface area contributed by atoms with Crippen molar-refractivity contribution in [2.45, 2.75) is 57.1 Å². The zero-order chi connectivity index (χ0) is 15.5. The Bertz CT molecular complexity index is 384. The van der Waals surface area contributed by atoms with Crippen LogP contribution in [0.4, 0.5) is 4.79 Å². The summed E-state index contributed by atoms with van der Waals surface area (Å²) in [6, 6.07) is 0.694. The molecule has 2 heterocycles. The molecule has 0 aromatic rings. The minimum Gasteiger partial charge on any atom is -0.392 e. The monoisotopic (exact) mass is 309 g/mol. The molecule has 0 aromatic carbocycles. The highest BCUT2D eigenvalue weighted by Gasteiger charge is 2.31. The van der Waals surface area contributed by atoms with Gasteiger partial charge in [-0.15, -0.1) is 0 Å². The van der Waals surface area contributed by atoms with Crippen molar-refractivity contribution < 1.29 is 9.90 Å². The summed E-state index contributed by atoms with van der Waals surface area (Å²) in [5.41, 5.74) is 0. The van der Waals surface area contributed by atoms with Crippen molar-refractivity contribution in [2.24, 2.45) is 5.92 Å². The molecule has 2 atom stereocenters. The number of rotatable bonds is 3. The largest absolute Gasteiger partial charge is 0.392 e. The molecule has 0 bridgehead atoms. The second-order valence-electron chi connectivity index (χ2n) is 7.49. The Morgan fingerprint density at radius 2 is 1.86 bits per heavy atom. The van der Waals surface area contributed by atoms with E-state index in [4.69, 9.17) is 0 Å². The number of likely N-dealkylation sites (tertiary alicyclic amines) is 2. The molecule has 3 rings (SSSR count). The van der Waals surface area contributed by atoms with E-state index in [9.17, 15) is 9.90 Å². The van der Waals surface area contributed by atoms with Crippen LogP contribution in [0.5, 0.6) is 0 Å². The van der Waals surface area contributed by atoms with E-state index in [1.54, 1.807) is 0 Å². The molecule has 126 valence electrons. The summed E-state index contributed by atoms with van der Waals surface area (Å²) in [5.74, 6) is 0.569. The molecule has 1 N–H and O–H groups in total. The lowest BCUT2D eigenvalue weighted by Crippen LogP contribution is -2.50. The lowest BCUT2D eigenvalue weighted by molar-refractivity contribution is 0.110. The van der Waals surface area contributed by atoms with Crippen LogP contribution in [-0.2, 0) is 0 Å². The zero-order valence-corrected chi connectivity index (χ0v) is 13.9. The summed E-state index contributed by atoms with van der Waals surface area (Å²) in [6.07, 6.45) is 7.96. The van der Waals surface area contributed by atoms with Crippen LogP contribution in [0, 0.1) is 5.92 Å². The minimum absolute atomic E-state index is 0.144. The molecule has 22 heavy (non-hydrogen) atoms. The van der Waals surface area contributed by atoms with Crippen molar-refractivity contribution in [3.05, 3.63) is 0 Å². The van der Waals surface area contributed by atoms with E-state index >= 15 is 0 Å². The normalized spacial score (nSPS) is 30.9. The number of hydrogen-bond donors (Lipinski definition) is 1. The maximum Gasteiger partial charge on any atom is 0.319 e. The smallest absolute Gasteiger partial charge is 0.319 e. The third-order valence-electron chi connectivity index (χ3n) is 5.73. The zero-order valence-electron chi connectivity index (χ0n) is 13.9. The molecule has 0 spiro atoms. The van der Waals surface area contributed by atoms with Crippen molar-refractivity contribution in [1.82, 2.24) is 14.7 Å². The highest BCUT2D eigenvalue weighted by molar-refractivity contribution is 5.74. The molecule has 0 aromatic heterocycles. The van der Waals surface area contributed by atoms with Gasteiger partial charge in [0.25, 0.3) is 0 Å². The van der Waals surface area contributed by atoms with E-state index in [0.717, 1.165) is 45.6 Å². The molecule has 3 aliphatic rings. The molecule has 1 aliphatic carbocycles. The van der Waals surface area contributed by atoms with E-state index < -0.39 is 0 Å². The Labute approximate surface area is 134 Å². The minimum atomic E-state index is -0.144. The average molecular weight is 309 g/mol. The van der Waals surface area contributed by atoms with Crippen molar-refractivity contribution in [2.75, 3.05) is 39.8 Å². The van der Waals surface area contributed by atoms with Gasteiger partial charge in [-0.25, -0.2) is 4.79 Å². The third-order valence-corrected chi connectivity index (χ3v) is 5.73. The van der Waals surface area contributed by atoms with Crippen molar-refractivity contribution in [3.8, 4) is 0 Å². The Hall–Kier alpha value is -0.810. The van der Waals surface area contributed by atoms with Gasteiger partial charge in [-0.3, -0.25) is 0 Å². The number of amides is 2. The molecular formula is C17H31N3O2. The van der Waals surface area contributed by atoms with Gasteiger partial charge in [-0.1, -0.05) is 12.8 Å². The summed E-state index contributed by atoms with van der Waals surface area (Å²) in [5, 5.41) is 9.65. The molecule has 1 saturated carbocycles. The predicted octanol–water partition coefficient (Wildman–Crippen LogP) is 1.76. The number of aliphatic hydroxyl groups excluding tert-OH is 1. The van der Waals surface area contributed by atoms with Gasteiger partial charge in [-0.2, -0.15) is 0 Å². The van der Waals surface area contributed by atoms with Gasteiger partial charge in [0.1, 0.15) is 0 Å². The maximum atomic E-state index is 12.7. The molecular weight excluding hydrogens is 278 g/mol. The fourth-order valence-corrected chi connectivity index (χ4v) is 4.40. The lowest BCUT2D eigenvalue weighted by Gasteiger charge is -2.38. The topological polar surface area (TPSA) is 47.0 Å². The number of urea groups is 1. The Morgan fingerprint density at radius 1 is 1.09 bits per heavy atom. The van der Waals surface area contributed by atoms with Crippen LogP contribution in [0.25, 0.3) is 0 Å². The van der Waals surface area contributed by atoms with Gasteiger partial charge in [0.2, 0.25) is 0 Å². The number of piperidine rings is 1. The number of carbonyl (C=O) groups is 1. The molecule has 2 aliphatic heterocycles. The number of nitrogens with zero attached hydrogens (tertiary/aromatic N) is 3. The van der Waals surface area contributed by atoms with Crippen molar-refractivity contribution in [3.63, 3.8) is 0 Å². The average Bonchev–Trinajstić information content (AvgIpc) is 3.18. The van der Waals surface area contributed by atoms with Gasteiger partial charge >= 0.3 is 6.03 Å². The molecule has 5 nitrogen and oxygen atoms in total. The highest BCUT2D eigenvalue weighted by Crippen LogP contribution is 2.25. The van der Waals surface area contributed by atoms with E-state index in [-0.39, 0.29) is 12.1 Å². The van der Waals surface area contributed by atoms with Crippen LogP contribution in [0.15, 0.2) is 0 Å². The molecule has 2 unspecified atom stereocenters. The summed E-state index contributed by atoms with van der Waals surface area (Å²) >= 11 is 0. The summed E-state index contributed by atoms with van der Waals surface area (Å²) in [4.78, 5) is 19.1. The first-order valence-corrected chi connectivity index (χ1v) is 9.05. The SMILES string of the molecule is CN(C(=O)N1CCCC(CN2CCC(O)C2)C1)C1CCCC1. The first-order chi connectivity index (χ1) is 10.6. The maximum absolute atomic E-state index is 12.7. The molecule has 2 amide bonds. The van der Waals surface area contributed by atoms with E-state index in [1.807, 2.05) is 11.9 Å². The van der Waals surface area contributed by atoms with Gasteiger partial charge < -0.3 is 19.8 Å². The fourth-order valence-electron chi connectivity index (χ4n) is 4.40. The van der Waals surface area contributed by atoms with Crippen LogP contribution >= 0.6 is 0 Å². The van der Waals surface area contributed by atoms with Gasteiger partial charge in [0.05, 0.1) is 6.10 Å². The Kier molecular flexibility index (Phi) is 5.24. The van der Waals surface area contributed by atoms with Crippen LogP contribution in [0.3, 0.4) is 0 Å².